The first-order chi connectivity index (χ1) is 11.1. The molecule has 2 aliphatic rings. The maximum atomic E-state index is 12.5. The third-order valence-corrected chi connectivity index (χ3v) is 5.34. The van der Waals surface area contributed by atoms with Gasteiger partial charge in [-0.1, -0.05) is 12.1 Å². The number of nitrogens with zero attached hydrogens (tertiary/aromatic N) is 1. The summed E-state index contributed by atoms with van der Waals surface area (Å²) in [6.45, 7) is 0. The number of benzene rings is 1. The van der Waals surface area contributed by atoms with Gasteiger partial charge in [0.15, 0.2) is 0 Å². The van der Waals surface area contributed by atoms with Crippen LogP contribution in [-0.2, 0) is 4.74 Å². The lowest BCUT2D eigenvalue weighted by atomic mass is 10.0. The molecule has 0 aliphatic carbocycles. The van der Waals surface area contributed by atoms with E-state index in [1.807, 2.05) is 12.1 Å². The van der Waals surface area contributed by atoms with Crippen molar-refractivity contribution in [1.29, 1.82) is 0 Å². The molecule has 1 unspecified atom stereocenters. The quantitative estimate of drug-likeness (QED) is 0.864. The molecule has 2 fully saturated rings. The summed E-state index contributed by atoms with van der Waals surface area (Å²) in [5.74, 6) is -0.508. The Morgan fingerprint density at radius 1 is 1.22 bits per heavy atom. The number of aromatic amines is 1. The third-order valence-electron chi connectivity index (χ3n) is 5.34. The van der Waals surface area contributed by atoms with E-state index in [4.69, 9.17) is 4.74 Å². The lowest BCUT2D eigenvalue weighted by Gasteiger charge is -2.35. The summed E-state index contributed by atoms with van der Waals surface area (Å²) in [5.41, 5.74) is 0.557. The van der Waals surface area contributed by atoms with E-state index in [2.05, 4.69) is 16.9 Å². The first-order valence-electron chi connectivity index (χ1n) is 8.17. The van der Waals surface area contributed by atoms with Crippen LogP contribution in [0.15, 0.2) is 35.3 Å². The van der Waals surface area contributed by atoms with E-state index in [0.717, 1.165) is 18.4 Å². The number of hydrogen-bond donors (Lipinski definition) is 1. The summed E-state index contributed by atoms with van der Waals surface area (Å²) in [6, 6.07) is 8.19. The van der Waals surface area contributed by atoms with Crippen LogP contribution in [-0.4, -0.2) is 41.1 Å². The molecule has 3 atom stereocenters. The maximum Gasteiger partial charge on any atom is 0.343 e. The molecule has 0 saturated carbocycles. The van der Waals surface area contributed by atoms with Crippen molar-refractivity contribution in [1.82, 2.24) is 9.88 Å². The zero-order valence-electron chi connectivity index (χ0n) is 13.1. The molecule has 0 spiro atoms. The molecule has 5 nitrogen and oxygen atoms in total. The maximum absolute atomic E-state index is 12.5. The highest BCUT2D eigenvalue weighted by molar-refractivity contribution is 5.93. The van der Waals surface area contributed by atoms with Crippen LogP contribution in [0.2, 0.25) is 0 Å². The number of ether oxygens (including phenoxy) is 1. The van der Waals surface area contributed by atoms with Crippen LogP contribution in [0, 0.1) is 0 Å². The number of piperidine rings is 1. The van der Waals surface area contributed by atoms with Gasteiger partial charge in [-0.2, -0.15) is 0 Å². The minimum absolute atomic E-state index is 0.0814. The smallest absolute Gasteiger partial charge is 0.343 e. The Morgan fingerprint density at radius 3 is 2.65 bits per heavy atom. The van der Waals surface area contributed by atoms with E-state index in [0.29, 0.717) is 17.5 Å². The van der Waals surface area contributed by atoms with Gasteiger partial charge in [-0.3, -0.25) is 4.79 Å². The average Bonchev–Trinajstić information content (AvgIpc) is 2.77. The molecule has 5 heteroatoms. The van der Waals surface area contributed by atoms with Crippen molar-refractivity contribution in [2.75, 3.05) is 7.05 Å². The van der Waals surface area contributed by atoms with Crippen molar-refractivity contribution < 1.29 is 9.53 Å². The Balaban J connectivity index is 1.56. The number of carbonyl (C=O) groups is 1. The lowest BCUT2D eigenvalue weighted by molar-refractivity contribution is -0.000578. The van der Waals surface area contributed by atoms with Crippen LogP contribution in [0.3, 0.4) is 0 Å². The zero-order chi connectivity index (χ0) is 16.0. The second-order valence-electron chi connectivity index (χ2n) is 6.63. The van der Waals surface area contributed by atoms with Crippen molar-refractivity contribution in [3.8, 4) is 0 Å². The van der Waals surface area contributed by atoms with Crippen molar-refractivity contribution in [3.63, 3.8) is 0 Å². The monoisotopic (exact) mass is 312 g/mol. The van der Waals surface area contributed by atoms with Crippen molar-refractivity contribution in [2.45, 2.75) is 43.9 Å². The normalized spacial score (nSPS) is 27.3. The van der Waals surface area contributed by atoms with Gasteiger partial charge in [-0.25, -0.2) is 4.79 Å². The highest BCUT2D eigenvalue weighted by atomic mass is 16.5. The fraction of sp³-hybridized carbons (Fsp3) is 0.444. The van der Waals surface area contributed by atoms with Gasteiger partial charge in [0, 0.05) is 42.0 Å². The predicted octanol–water partition coefficient (Wildman–Crippen LogP) is 2.31. The molecule has 3 heterocycles. The standard InChI is InChI=1S/C18H20N2O3/c1-20-11-6-7-12(20)9-13(8-11)23-18(22)15-10-19-16-5-3-2-4-14(16)17(15)21/h2-5,10-13H,6-9H2,1H3,(H,19,21)/t11-,12+,13?. The molecule has 0 radical (unpaired) electrons. The summed E-state index contributed by atoms with van der Waals surface area (Å²) >= 11 is 0. The highest BCUT2D eigenvalue weighted by Gasteiger charge is 2.40. The molecule has 0 amide bonds. The van der Waals surface area contributed by atoms with Gasteiger partial charge in [0.05, 0.1) is 0 Å². The third kappa shape index (κ3) is 2.45. The summed E-state index contributed by atoms with van der Waals surface area (Å²) < 4.78 is 5.65. The van der Waals surface area contributed by atoms with Gasteiger partial charge in [0.25, 0.3) is 0 Å². The molecule has 1 N–H and O–H groups in total. The topological polar surface area (TPSA) is 62.4 Å². The minimum Gasteiger partial charge on any atom is -0.459 e. The van der Waals surface area contributed by atoms with Crippen LogP contribution in [0.25, 0.3) is 10.9 Å². The molecule has 2 saturated heterocycles. The molecular formula is C18H20N2O3. The molecule has 2 aromatic rings. The van der Waals surface area contributed by atoms with Crippen LogP contribution in [0.4, 0.5) is 0 Å². The number of carbonyl (C=O) groups excluding carboxylic acids is 1. The van der Waals surface area contributed by atoms with E-state index in [1.165, 1.54) is 19.0 Å². The highest BCUT2D eigenvalue weighted by Crippen LogP contribution is 2.35. The van der Waals surface area contributed by atoms with Crippen LogP contribution >= 0.6 is 0 Å². The van der Waals surface area contributed by atoms with Gasteiger partial charge in [-0.05, 0) is 32.0 Å². The van der Waals surface area contributed by atoms with Gasteiger partial charge in [-0.15, -0.1) is 0 Å². The molecule has 120 valence electrons. The number of hydrogen-bond acceptors (Lipinski definition) is 4. The number of fused-ring (bicyclic) bond motifs is 3. The number of pyridine rings is 1. The van der Waals surface area contributed by atoms with E-state index in [9.17, 15) is 9.59 Å². The van der Waals surface area contributed by atoms with Gasteiger partial charge < -0.3 is 14.6 Å². The number of para-hydroxylation sites is 1. The summed E-state index contributed by atoms with van der Waals surface area (Å²) in [7, 11) is 2.15. The molecule has 23 heavy (non-hydrogen) atoms. The fourth-order valence-corrected chi connectivity index (χ4v) is 3.99. The number of esters is 1. The van der Waals surface area contributed by atoms with Crippen LogP contribution in [0.5, 0.6) is 0 Å². The SMILES string of the molecule is CN1[C@@H]2CC[C@H]1CC(OC(=O)c1c[nH]c3ccccc3c1=O)C2. The Labute approximate surface area is 134 Å². The molecule has 1 aromatic carbocycles. The molecule has 2 bridgehead atoms. The first kappa shape index (κ1) is 14.5. The summed E-state index contributed by atoms with van der Waals surface area (Å²) in [5, 5.41) is 0.519. The number of nitrogens with one attached hydrogen (secondary N) is 1. The number of H-pyrrole nitrogens is 1. The van der Waals surface area contributed by atoms with Crippen LogP contribution in [0.1, 0.15) is 36.0 Å². The summed E-state index contributed by atoms with van der Waals surface area (Å²) in [4.78, 5) is 30.3. The Morgan fingerprint density at radius 2 is 1.91 bits per heavy atom. The van der Waals surface area contributed by atoms with E-state index in [-0.39, 0.29) is 17.1 Å². The Hall–Kier alpha value is -2.14. The second-order valence-corrected chi connectivity index (χ2v) is 6.63. The molecule has 1 aromatic heterocycles. The second kappa shape index (κ2) is 5.49. The Bertz CT molecular complexity index is 799. The number of aromatic nitrogens is 1. The Kier molecular flexibility index (Phi) is 3.45. The molecule has 4 rings (SSSR count). The zero-order valence-corrected chi connectivity index (χ0v) is 13.1. The van der Waals surface area contributed by atoms with Crippen molar-refractivity contribution >= 4 is 16.9 Å². The van der Waals surface area contributed by atoms with E-state index < -0.39 is 5.97 Å². The average molecular weight is 312 g/mol. The summed E-state index contributed by atoms with van der Waals surface area (Å²) in [6.07, 6.45) is 5.46. The first-order valence-corrected chi connectivity index (χ1v) is 8.17. The number of rotatable bonds is 2. The van der Waals surface area contributed by atoms with Gasteiger partial charge in [0.1, 0.15) is 11.7 Å². The molecule has 2 aliphatic heterocycles. The van der Waals surface area contributed by atoms with Gasteiger partial charge >= 0.3 is 5.97 Å². The van der Waals surface area contributed by atoms with Crippen LogP contribution < -0.4 is 5.43 Å². The van der Waals surface area contributed by atoms with E-state index >= 15 is 0 Å². The van der Waals surface area contributed by atoms with Crippen molar-refractivity contribution in [3.05, 3.63) is 46.2 Å². The lowest BCUT2D eigenvalue weighted by Crippen LogP contribution is -2.43. The minimum atomic E-state index is -0.508. The predicted molar refractivity (Wildman–Crippen MR) is 87.6 cm³/mol. The van der Waals surface area contributed by atoms with Crippen molar-refractivity contribution in [2.24, 2.45) is 0 Å². The fourth-order valence-electron chi connectivity index (χ4n) is 3.99. The largest absolute Gasteiger partial charge is 0.459 e. The van der Waals surface area contributed by atoms with E-state index in [1.54, 1.807) is 12.1 Å². The molecular weight excluding hydrogens is 292 g/mol. The van der Waals surface area contributed by atoms with Gasteiger partial charge in [0.2, 0.25) is 5.43 Å².